The summed E-state index contributed by atoms with van der Waals surface area (Å²) in [6.07, 6.45) is 1.80. The molecule has 2 rings (SSSR count). The van der Waals surface area contributed by atoms with Crippen molar-refractivity contribution in [3.05, 3.63) is 18.3 Å². The highest BCUT2D eigenvalue weighted by molar-refractivity contribution is 5.96. The second-order valence-electron chi connectivity index (χ2n) is 4.83. The number of amides is 1. The number of anilines is 1. The normalized spacial score (nSPS) is 18.0. The van der Waals surface area contributed by atoms with Gasteiger partial charge in [-0.25, -0.2) is 0 Å². The summed E-state index contributed by atoms with van der Waals surface area (Å²) < 4.78 is 0. The summed E-state index contributed by atoms with van der Waals surface area (Å²) >= 11 is 0. The number of aromatic amines is 1. The highest BCUT2D eigenvalue weighted by Crippen LogP contribution is 2.17. The summed E-state index contributed by atoms with van der Waals surface area (Å²) in [6, 6.07) is 3.72. The molecule has 0 aliphatic carbocycles. The van der Waals surface area contributed by atoms with Crippen LogP contribution >= 0.6 is 0 Å². The van der Waals surface area contributed by atoms with Crippen molar-refractivity contribution in [3.63, 3.8) is 0 Å². The molecule has 5 heteroatoms. The van der Waals surface area contributed by atoms with Gasteiger partial charge in [0.15, 0.2) is 0 Å². The third-order valence-corrected chi connectivity index (χ3v) is 3.31. The zero-order valence-corrected chi connectivity index (χ0v) is 10.4. The number of hydrogen-bond acceptors (Lipinski definition) is 3. The van der Waals surface area contributed by atoms with Gasteiger partial charge in [-0.1, -0.05) is 0 Å². The molecule has 0 aromatic carbocycles. The molecular formula is C12H20N4O. The van der Waals surface area contributed by atoms with Gasteiger partial charge >= 0.3 is 0 Å². The van der Waals surface area contributed by atoms with Crippen molar-refractivity contribution in [1.29, 1.82) is 0 Å². The zero-order valence-electron chi connectivity index (χ0n) is 10.4. The van der Waals surface area contributed by atoms with Crippen LogP contribution in [0.5, 0.6) is 0 Å². The van der Waals surface area contributed by atoms with Crippen molar-refractivity contribution in [2.45, 2.75) is 19.4 Å². The molecule has 3 N–H and O–H groups in total. The van der Waals surface area contributed by atoms with Crippen LogP contribution in [0.1, 0.15) is 13.8 Å². The third-order valence-electron chi connectivity index (χ3n) is 3.31. The standard InChI is InChI=1S/C12H20N4O/c1-12(2,16-8-6-13-7-9-16)11(17)15-10-4-3-5-14-10/h3-5,13-14H,6-9H2,1-2H3,(H,15,17). The molecule has 1 fully saturated rings. The van der Waals surface area contributed by atoms with E-state index in [1.54, 1.807) is 6.20 Å². The minimum absolute atomic E-state index is 0.0295. The van der Waals surface area contributed by atoms with E-state index in [4.69, 9.17) is 0 Å². The topological polar surface area (TPSA) is 60.2 Å². The number of aromatic nitrogens is 1. The largest absolute Gasteiger partial charge is 0.348 e. The highest BCUT2D eigenvalue weighted by Gasteiger charge is 2.35. The Morgan fingerprint density at radius 3 is 2.71 bits per heavy atom. The Bertz CT molecular complexity index is 366. The predicted molar refractivity (Wildman–Crippen MR) is 67.9 cm³/mol. The first-order chi connectivity index (χ1) is 8.10. The van der Waals surface area contributed by atoms with E-state index >= 15 is 0 Å². The molecule has 94 valence electrons. The van der Waals surface area contributed by atoms with Gasteiger partial charge in [0.1, 0.15) is 5.82 Å². The number of hydrogen-bond donors (Lipinski definition) is 3. The van der Waals surface area contributed by atoms with E-state index in [0.717, 1.165) is 32.0 Å². The van der Waals surface area contributed by atoms with E-state index in [2.05, 4.69) is 20.5 Å². The van der Waals surface area contributed by atoms with Crippen LogP contribution in [-0.2, 0) is 4.79 Å². The lowest BCUT2D eigenvalue weighted by Crippen LogP contribution is -2.58. The summed E-state index contributed by atoms with van der Waals surface area (Å²) in [5, 5.41) is 6.19. The number of H-pyrrole nitrogens is 1. The van der Waals surface area contributed by atoms with E-state index in [1.807, 2.05) is 26.0 Å². The summed E-state index contributed by atoms with van der Waals surface area (Å²) in [5.41, 5.74) is -0.479. The molecule has 0 unspecified atom stereocenters. The molecule has 0 saturated carbocycles. The van der Waals surface area contributed by atoms with E-state index in [-0.39, 0.29) is 5.91 Å². The summed E-state index contributed by atoms with van der Waals surface area (Å²) in [5.74, 6) is 0.778. The molecular weight excluding hydrogens is 216 g/mol. The third kappa shape index (κ3) is 2.68. The quantitative estimate of drug-likeness (QED) is 0.721. The number of nitrogens with zero attached hydrogens (tertiary/aromatic N) is 1. The molecule has 5 nitrogen and oxygen atoms in total. The molecule has 17 heavy (non-hydrogen) atoms. The Morgan fingerprint density at radius 2 is 2.12 bits per heavy atom. The van der Waals surface area contributed by atoms with Crippen LogP contribution in [0, 0.1) is 0 Å². The van der Waals surface area contributed by atoms with Gasteiger partial charge in [-0.15, -0.1) is 0 Å². The highest BCUT2D eigenvalue weighted by atomic mass is 16.2. The predicted octanol–water partition coefficient (Wildman–Crippen LogP) is 0.637. The summed E-state index contributed by atoms with van der Waals surface area (Å²) in [4.78, 5) is 17.4. The van der Waals surface area contributed by atoms with Crippen molar-refractivity contribution in [3.8, 4) is 0 Å². The average Bonchev–Trinajstić information content (AvgIpc) is 2.83. The Morgan fingerprint density at radius 1 is 1.41 bits per heavy atom. The monoisotopic (exact) mass is 236 g/mol. The Balaban J connectivity index is 2.00. The minimum atomic E-state index is -0.479. The first kappa shape index (κ1) is 12.1. The van der Waals surface area contributed by atoms with E-state index in [0.29, 0.717) is 0 Å². The maximum absolute atomic E-state index is 12.2. The van der Waals surface area contributed by atoms with Gasteiger partial charge in [-0.2, -0.15) is 0 Å². The van der Waals surface area contributed by atoms with Crippen LogP contribution in [-0.4, -0.2) is 47.5 Å². The smallest absolute Gasteiger partial charge is 0.245 e. The lowest BCUT2D eigenvalue weighted by atomic mass is 10.0. The Kier molecular flexibility index (Phi) is 3.49. The minimum Gasteiger partial charge on any atom is -0.348 e. The summed E-state index contributed by atoms with van der Waals surface area (Å²) in [6.45, 7) is 7.64. The molecule has 1 aromatic rings. The first-order valence-corrected chi connectivity index (χ1v) is 6.01. The van der Waals surface area contributed by atoms with Crippen LogP contribution in [0.25, 0.3) is 0 Å². The lowest BCUT2D eigenvalue weighted by Gasteiger charge is -2.39. The number of piperazine rings is 1. The van der Waals surface area contributed by atoms with E-state index in [9.17, 15) is 4.79 Å². The maximum Gasteiger partial charge on any atom is 0.245 e. The number of nitrogens with one attached hydrogen (secondary N) is 3. The molecule has 2 heterocycles. The Labute approximate surface area is 102 Å². The van der Waals surface area contributed by atoms with E-state index < -0.39 is 5.54 Å². The van der Waals surface area contributed by atoms with E-state index in [1.165, 1.54) is 0 Å². The second-order valence-corrected chi connectivity index (χ2v) is 4.83. The van der Waals surface area contributed by atoms with Gasteiger partial charge in [0, 0.05) is 32.4 Å². The molecule has 1 aromatic heterocycles. The van der Waals surface area contributed by atoms with Gasteiger partial charge in [-0.3, -0.25) is 9.69 Å². The fourth-order valence-electron chi connectivity index (χ4n) is 2.05. The van der Waals surface area contributed by atoms with Crippen LogP contribution in [0.2, 0.25) is 0 Å². The van der Waals surface area contributed by atoms with Crippen molar-refractivity contribution in [1.82, 2.24) is 15.2 Å². The Hall–Kier alpha value is -1.33. The second kappa shape index (κ2) is 4.89. The van der Waals surface area contributed by atoms with Crippen molar-refractivity contribution < 1.29 is 4.79 Å². The molecule has 1 saturated heterocycles. The van der Waals surface area contributed by atoms with Gasteiger partial charge in [-0.05, 0) is 26.0 Å². The summed E-state index contributed by atoms with van der Waals surface area (Å²) in [7, 11) is 0. The van der Waals surface area contributed by atoms with Gasteiger partial charge in [0.25, 0.3) is 0 Å². The molecule has 1 aliphatic heterocycles. The fourth-order valence-corrected chi connectivity index (χ4v) is 2.05. The fraction of sp³-hybridized carbons (Fsp3) is 0.583. The zero-order chi connectivity index (χ0) is 12.3. The maximum atomic E-state index is 12.2. The van der Waals surface area contributed by atoms with Crippen LogP contribution in [0.15, 0.2) is 18.3 Å². The molecule has 1 aliphatic rings. The SMILES string of the molecule is CC(C)(C(=O)Nc1ccc[nH]1)N1CCNCC1. The van der Waals surface area contributed by atoms with Crippen molar-refractivity contribution in [2.24, 2.45) is 0 Å². The van der Waals surface area contributed by atoms with Gasteiger partial charge in [0.05, 0.1) is 5.54 Å². The average molecular weight is 236 g/mol. The number of rotatable bonds is 3. The first-order valence-electron chi connectivity index (χ1n) is 6.01. The molecule has 1 amide bonds. The van der Waals surface area contributed by atoms with Crippen LogP contribution in [0.3, 0.4) is 0 Å². The molecule has 0 spiro atoms. The molecule has 0 radical (unpaired) electrons. The molecule has 0 bridgehead atoms. The molecule has 0 atom stereocenters. The number of carbonyl (C=O) groups excluding carboxylic acids is 1. The van der Waals surface area contributed by atoms with Crippen LogP contribution < -0.4 is 10.6 Å². The van der Waals surface area contributed by atoms with Crippen molar-refractivity contribution in [2.75, 3.05) is 31.5 Å². The van der Waals surface area contributed by atoms with Crippen molar-refractivity contribution >= 4 is 11.7 Å². The van der Waals surface area contributed by atoms with Gasteiger partial charge in [0.2, 0.25) is 5.91 Å². The lowest BCUT2D eigenvalue weighted by molar-refractivity contribution is -0.126. The van der Waals surface area contributed by atoms with Crippen LogP contribution in [0.4, 0.5) is 5.82 Å². The number of carbonyl (C=O) groups is 1. The van der Waals surface area contributed by atoms with Gasteiger partial charge < -0.3 is 15.6 Å².